The molecule has 0 aromatic rings. The van der Waals surface area contributed by atoms with Crippen LogP contribution >= 0.6 is 0 Å². The Morgan fingerprint density at radius 2 is 2.27 bits per heavy atom. The van der Waals surface area contributed by atoms with Crippen LogP contribution in [0.25, 0.3) is 0 Å². The molecule has 0 saturated heterocycles. The Hall–Kier alpha value is -1.05. The van der Waals surface area contributed by atoms with E-state index in [1.165, 1.54) is 37.5 Å². The van der Waals surface area contributed by atoms with Gasteiger partial charge in [0.25, 0.3) is 0 Å². The van der Waals surface area contributed by atoms with E-state index < -0.39 is 0 Å². The number of hydrogen-bond donors (Lipinski definition) is 0. The number of methoxy groups -OCH3 is 1. The molecule has 0 N–H and O–H groups in total. The molecule has 2 aliphatic carbocycles. The average molecular weight is 206 g/mol. The van der Waals surface area contributed by atoms with Gasteiger partial charge in [-0.3, -0.25) is 0 Å². The van der Waals surface area contributed by atoms with Crippen molar-refractivity contribution < 1.29 is 9.53 Å². The first-order chi connectivity index (χ1) is 7.24. The van der Waals surface area contributed by atoms with Gasteiger partial charge in [0.1, 0.15) is 0 Å². The lowest BCUT2D eigenvalue weighted by molar-refractivity contribution is -0.136. The summed E-state index contributed by atoms with van der Waals surface area (Å²) in [6.07, 6.45) is 7.78. The standard InChI is InChI=1S/C13H18O2/c1-9-7-8-12(13(14)15-2)11-6-4-3-5-10(9)11/h8,11H,3-7H2,1-2H3. The second kappa shape index (κ2) is 4.21. The highest BCUT2D eigenvalue weighted by Crippen LogP contribution is 2.40. The third-order valence-electron chi connectivity index (χ3n) is 3.58. The van der Waals surface area contributed by atoms with E-state index in [4.69, 9.17) is 4.74 Å². The number of hydrogen-bond acceptors (Lipinski definition) is 2. The van der Waals surface area contributed by atoms with E-state index in [0.717, 1.165) is 18.4 Å². The zero-order chi connectivity index (χ0) is 10.8. The summed E-state index contributed by atoms with van der Waals surface area (Å²) >= 11 is 0. The Bertz CT molecular complexity index is 336. The van der Waals surface area contributed by atoms with Gasteiger partial charge in [0.2, 0.25) is 0 Å². The number of carbonyl (C=O) groups is 1. The monoisotopic (exact) mass is 206 g/mol. The average Bonchev–Trinajstić information content (AvgIpc) is 2.29. The molecule has 82 valence electrons. The molecule has 0 aliphatic heterocycles. The van der Waals surface area contributed by atoms with Crippen molar-refractivity contribution in [2.75, 3.05) is 7.11 Å². The first kappa shape index (κ1) is 10.5. The molecule has 0 spiro atoms. The van der Waals surface area contributed by atoms with Crippen molar-refractivity contribution in [1.29, 1.82) is 0 Å². The fourth-order valence-electron chi connectivity index (χ4n) is 2.75. The normalized spacial score (nSPS) is 25.7. The van der Waals surface area contributed by atoms with E-state index in [1.54, 1.807) is 0 Å². The largest absolute Gasteiger partial charge is 0.466 e. The van der Waals surface area contributed by atoms with E-state index >= 15 is 0 Å². The number of esters is 1. The first-order valence-corrected chi connectivity index (χ1v) is 5.71. The van der Waals surface area contributed by atoms with Crippen molar-refractivity contribution in [3.63, 3.8) is 0 Å². The summed E-state index contributed by atoms with van der Waals surface area (Å²) in [5, 5.41) is 0. The highest BCUT2D eigenvalue weighted by atomic mass is 16.5. The van der Waals surface area contributed by atoms with Crippen molar-refractivity contribution >= 4 is 5.97 Å². The number of fused-ring (bicyclic) bond motifs is 1. The Kier molecular flexibility index (Phi) is 2.94. The molecule has 1 unspecified atom stereocenters. The van der Waals surface area contributed by atoms with Crippen LogP contribution in [-0.2, 0) is 9.53 Å². The fourth-order valence-corrected chi connectivity index (χ4v) is 2.75. The van der Waals surface area contributed by atoms with Crippen LogP contribution in [0.2, 0.25) is 0 Å². The molecule has 1 atom stereocenters. The topological polar surface area (TPSA) is 26.3 Å². The number of allylic oxidation sites excluding steroid dienone is 3. The molecule has 1 fully saturated rings. The minimum absolute atomic E-state index is 0.133. The van der Waals surface area contributed by atoms with Gasteiger partial charge in [-0.2, -0.15) is 0 Å². The molecule has 2 nitrogen and oxygen atoms in total. The van der Waals surface area contributed by atoms with Crippen LogP contribution in [-0.4, -0.2) is 13.1 Å². The smallest absolute Gasteiger partial charge is 0.334 e. The van der Waals surface area contributed by atoms with Crippen molar-refractivity contribution in [3.8, 4) is 0 Å². The molecule has 2 heteroatoms. The van der Waals surface area contributed by atoms with Crippen LogP contribution in [0.4, 0.5) is 0 Å². The molecule has 0 bridgehead atoms. The molecule has 0 aromatic heterocycles. The summed E-state index contributed by atoms with van der Waals surface area (Å²) in [6, 6.07) is 0. The van der Waals surface area contributed by atoms with Gasteiger partial charge >= 0.3 is 5.97 Å². The molecule has 0 aromatic carbocycles. The van der Waals surface area contributed by atoms with Crippen LogP contribution in [0, 0.1) is 5.92 Å². The molecule has 15 heavy (non-hydrogen) atoms. The lowest BCUT2D eigenvalue weighted by atomic mass is 9.74. The van der Waals surface area contributed by atoms with E-state index in [2.05, 4.69) is 13.0 Å². The molecule has 2 rings (SSSR count). The molecule has 0 radical (unpaired) electrons. The highest BCUT2D eigenvalue weighted by Gasteiger charge is 2.30. The van der Waals surface area contributed by atoms with Gasteiger partial charge in [-0.1, -0.05) is 23.6 Å². The zero-order valence-electron chi connectivity index (χ0n) is 9.51. The lowest BCUT2D eigenvalue weighted by Crippen LogP contribution is -2.23. The van der Waals surface area contributed by atoms with Crippen LogP contribution in [0.15, 0.2) is 22.8 Å². The third kappa shape index (κ3) is 1.85. The molecular weight excluding hydrogens is 188 g/mol. The van der Waals surface area contributed by atoms with Crippen molar-refractivity contribution in [1.82, 2.24) is 0 Å². The molecule has 1 saturated carbocycles. The van der Waals surface area contributed by atoms with Gasteiger partial charge in [-0.15, -0.1) is 0 Å². The predicted octanol–water partition coefficient (Wildman–Crippen LogP) is 3.00. The molecule has 0 amide bonds. The van der Waals surface area contributed by atoms with Gasteiger partial charge in [0.15, 0.2) is 0 Å². The maximum absolute atomic E-state index is 11.6. The van der Waals surface area contributed by atoms with Gasteiger partial charge in [-0.25, -0.2) is 4.79 Å². The van der Waals surface area contributed by atoms with Gasteiger partial charge < -0.3 is 4.74 Å². The quantitative estimate of drug-likeness (QED) is 0.487. The zero-order valence-corrected chi connectivity index (χ0v) is 9.51. The highest BCUT2D eigenvalue weighted by molar-refractivity contribution is 5.90. The second-order valence-corrected chi connectivity index (χ2v) is 4.46. The third-order valence-corrected chi connectivity index (χ3v) is 3.58. The van der Waals surface area contributed by atoms with E-state index in [-0.39, 0.29) is 5.97 Å². The van der Waals surface area contributed by atoms with Gasteiger partial charge in [0, 0.05) is 11.5 Å². The Labute approximate surface area is 91.0 Å². The SMILES string of the molecule is COC(=O)C1=CCC(C)=C2CCCCC12. The summed E-state index contributed by atoms with van der Waals surface area (Å²) < 4.78 is 4.84. The summed E-state index contributed by atoms with van der Waals surface area (Å²) in [6.45, 7) is 2.19. The Morgan fingerprint density at radius 1 is 1.47 bits per heavy atom. The van der Waals surface area contributed by atoms with Crippen molar-refractivity contribution in [2.24, 2.45) is 5.92 Å². The van der Waals surface area contributed by atoms with Crippen LogP contribution in [0.5, 0.6) is 0 Å². The predicted molar refractivity (Wildman–Crippen MR) is 59.4 cm³/mol. The number of carbonyl (C=O) groups excluding carboxylic acids is 1. The number of rotatable bonds is 1. The van der Waals surface area contributed by atoms with Crippen molar-refractivity contribution in [2.45, 2.75) is 39.0 Å². The second-order valence-electron chi connectivity index (χ2n) is 4.46. The van der Waals surface area contributed by atoms with E-state index in [1.807, 2.05) is 0 Å². The summed E-state index contributed by atoms with van der Waals surface area (Å²) in [5.41, 5.74) is 3.87. The molecule has 2 aliphatic rings. The summed E-state index contributed by atoms with van der Waals surface area (Å²) in [4.78, 5) is 11.6. The lowest BCUT2D eigenvalue weighted by Gasteiger charge is -2.31. The number of ether oxygens (including phenoxy) is 1. The summed E-state index contributed by atoms with van der Waals surface area (Å²) in [7, 11) is 1.47. The molecule has 0 heterocycles. The minimum Gasteiger partial charge on any atom is -0.466 e. The Morgan fingerprint density at radius 3 is 3.00 bits per heavy atom. The van der Waals surface area contributed by atoms with Crippen LogP contribution in [0.1, 0.15) is 39.0 Å². The van der Waals surface area contributed by atoms with Gasteiger partial charge in [-0.05, 0) is 32.6 Å². The van der Waals surface area contributed by atoms with Crippen molar-refractivity contribution in [3.05, 3.63) is 22.8 Å². The van der Waals surface area contributed by atoms with Crippen LogP contribution in [0.3, 0.4) is 0 Å². The molecular formula is C13H18O2. The Balaban J connectivity index is 2.26. The minimum atomic E-state index is -0.133. The maximum atomic E-state index is 11.6. The first-order valence-electron chi connectivity index (χ1n) is 5.71. The van der Waals surface area contributed by atoms with E-state index in [0.29, 0.717) is 5.92 Å². The van der Waals surface area contributed by atoms with Gasteiger partial charge in [0.05, 0.1) is 7.11 Å². The van der Waals surface area contributed by atoms with Crippen LogP contribution < -0.4 is 0 Å². The van der Waals surface area contributed by atoms with E-state index in [9.17, 15) is 4.79 Å². The fraction of sp³-hybridized carbons (Fsp3) is 0.615. The summed E-state index contributed by atoms with van der Waals surface area (Å²) in [5.74, 6) is 0.229. The maximum Gasteiger partial charge on any atom is 0.334 e.